The van der Waals surface area contributed by atoms with Gasteiger partial charge in [0.05, 0.1) is 5.56 Å². The van der Waals surface area contributed by atoms with Crippen molar-refractivity contribution in [3.63, 3.8) is 0 Å². The number of primary amides is 1. The number of thiophene rings is 1. The maximum Gasteiger partial charge on any atom is 0.251 e. The molecule has 3 rings (SSSR count). The third-order valence-corrected chi connectivity index (χ3v) is 6.32. The SMILES string of the molecule is CC(C)(C)c1ccc(C=CC(=O)Nc2sc3c(c2C(N)=O)CCCCC3)cc1. The van der Waals surface area contributed by atoms with Gasteiger partial charge in [0, 0.05) is 11.0 Å². The van der Waals surface area contributed by atoms with Crippen LogP contribution in [0.25, 0.3) is 6.08 Å². The zero-order valence-electron chi connectivity index (χ0n) is 16.8. The highest BCUT2D eigenvalue weighted by Crippen LogP contribution is 2.37. The summed E-state index contributed by atoms with van der Waals surface area (Å²) < 4.78 is 0. The number of benzene rings is 1. The van der Waals surface area contributed by atoms with Gasteiger partial charge >= 0.3 is 0 Å². The van der Waals surface area contributed by atoms with E-state index in [1.807, 2.05) is 12.1 Å². The molecule has 0 unspecified atom stereocenters. The van der Waals surface area contributed by atoms with Crippen LogP contribution in [0.2, 0.25) is 0 Å². The van der Waals surface area contributed by atoms with Crippen molar-refractivity contribution in [2.45, 2.75) is 58.3 Å². The zero-order chi connectivity index (χ0) is 20.3. The Kier molecular flexibility index (Phi) is 6.04. The normalized spacial score (nSPS) is 14.5. The van der Waals surface area contributed by atoms with E-state index in [2.05, 4.69) is 38.2 Å². The van der Waals surface area contributed by atoms with Crippen LogP contribution >= 0.6 is 11.3 Å². The fourth-order valence-corrected chi connectivity index (χ4v) is 4.81. The second-order valence-electron chi connectivity index (χ2n) is 8.33. The summed E-state index contributed by atoms with van der Waals surface area (Å²) in [6.45, 7) is 6.51. The smallest absolute Gasteiger partial charge is 0.251 e. The number of amides is 2. The van der Waals surface area contributed by atoms with Crippen LogP contribution in [-0.2, 0) is 23.1 Å². The maximum absolute atomic E-state index is 12.4. The molecule has 1 aliphatic rings. The lowest BCUT2D eigenvalue weighted by Crippen LogP contribution is -2.17. The largest absolute Gasteiger partial charge is 0.365 e. The van der Waals surface area contributed by atoms with E-state index in [1.54, 1.807) is 6.08 Å². The molecule has 5 heteroatoms. The number of rotatable bonds is 4. The van der Waals surface area contributed by atoms with E-state index in [9.17, 15) is 9.59 Å². The summed E-state index contributed by atoms with van der Waals surface area (Å²) in [7, 11) is 0. The van der Waals surface area contributed by atoms with Crippen molar-refractivity contribution in [1.82, 2.24) is 0 Å². The van der Waals surface area contributed by atoms with Crippen molar-refractivity contribution in [2.24, 2.45) is 5.73 Å². The van der Waals surface area contributed by atoms with Crippen LogP contribution in [0.5, 0.6) is 0 Å². The van der Waals surface area contributed by atoms with Crippen LogP contribution in [0.15, 0.2) is 30.3 Å². The summed E-state index contributed by atoms with van der Waals surface area (Å²) in [5, 5.41) is 3.45. The molecule has 0 aliphatic heterocycles. The Hall–Kier alpha value is -2.40. The molecule has 3 N–H and O–H groups in total. The molecule has 0 saturated carbocycles. The molecule has 2 amide bonds. The van der Waals surface area contributed by atoms with Gasteiger partial charge in [0.1, 0.15) is 5.00 Å². The Balaban J connectivity index is 1.74. The van der Waals surface area contributed by atoms with E-state index in [0.717, 1.165) is 43.2 Å². The van der Waals surface area contributed by atoms with Gasteiger partial charge in [-0.3, -0.25) is 9.59 Å². The van der Waals surface area contributed by atoms with E-state index in [-0.39, 0.29) is 11.3 Å². The van der Waals surface area contributed by atoms with Gasteiger partial charge in [-0.25, -0.2) is 0 Å². The highest BCUT2D eigenvalue weighted by molar-refractivity contribution is 7.17. The third kappa shape index (κ3) is 4.71. The lowest BCUT2D eigenvalue weighted by molar-refractivity contribution is -0.111. The summed E-state index contributed by atoms with van der Waals surface area (Å²) in [6.07, 6.45) is 8.43. The number of aryl methyl sites for hydroxylation is 1. The molecular weight excluding hydrogens is 368 g/mol. The van der Waals surface area contributed by atoms with Gasteiger partial charge in [-0.15, -0.1) is 11.3 Å². The topological polar surface area (TPSA) is 72.2 Å². The average Bonchev–Trinajstić information content (AvgIpc) is 2.80. The van der Waals surface area contributed by atoms with Gasteiger partial charge in [0.15, 0.2) is 0 Å². The van der Waals surface area contributed by atoms with Crippen LogP contribution in [0.4, 0.5) is 5.00 Å². The molecule has 0 saturated heterocycles. The molecule has 0 spiro atoms. The van der Waals surface area contributed by atoms with Gasteiger partial charge in [-0.05, 0) is 53.9 Å². The Morgan fingerprint density at radius 2 is 1.75 bits per heavy atom. The summed E-state index contributed by atoms with van der Waals surface area (Å²) in [6, 6.07) is 8.18. The van der Waals surface area contributed by atoms with E-state index in [1.165, 1.54) is 27.9 Å². The monoisotopic (exact) mass is 396 g/mol. The fourth-order valence-electron chi connectivity index (χ4n) is 3.51. The average molecular weight is 397 g/mol. The molecule has 148 valence electrons. The first-order valence-corrected chi connectivity index (χ1v) is 10.6. The van der Waals surface area contributed by atoms with Crippen molar-refractivity contribution in [2.75, 3.05) is 5.32 Å². The second-order valence-corrected chi connectivity index (χ2v) is 9.43. The van der Waals surface area contributed by atoms with Gasteiger partial charge in [0.25, 0.3) is 5.91 Å². The number of carbonyl (C=O) groups is 2. The molecule has 28 heavy (non-hydrogen) atoms. The molecule has 1 heterocycles. The minimum Gasteiger partial charge on any atom is -0.365 e. The molecule has 0 fully saturated rings. The standard InChI is InChI=1S/C23H28N2O2S/c1-23(2,3)16-12-9-15(10-13-16)11-14-19(26)25-22-20(21(24)27)17-7-5-4-6-8-18(17)28-22/h9-14H,4-8H2,1-3H3,(H2,24,27)(H,25,26). The van der Waals surface area contributed by atoms with Gasteiger partial charge in [-0.1, -0.05) is 51.5 Å². The summed E-state index contributed by atoms with van der Waals surface area (Å²) >= 11 is 1.49. The van der Waals surface area contributed by atoms with Crippen LogP contribution < -0.4 is 11.1 Å². The van der Waals surface area contributed by atoms with Gasteiger partial charge in [0.2, 0.25) is 5.91 Å². The Morgan fingerprint density at radius 1 is 1.07 bits per heavy atom. The highest BCUT2D eigenvalue weighted by atomic mass is 32.1. The molecule has 1 aromatic carbocycles. The quantitative estimate of drug-likeness (QED) is 0.560. The van der Waals surface area contributed by atoms with Crippen molar-refractivity contribution in [1.29, 1.82) is 0 Å². The number of hydrogen-bond donors (Lipinski definition) is 2. The minimum atomic E-state index is -0.462. The van der Waals surface area contributed by atoms with Crippen LogP contribution in [0, 0.1) is 0 Å². The third-order valence-electron chi connectivity index (χ3n) is 5.11. The summed E-state index contributed by atoms with van der Waals surface area (Å²) in [4.78, 5) is 25.6. The zero-order valence-corrected chi connectivity index (χ0v) is 17.6. The first kappa shape index (κ1) is 20.3. The number of nitrogens with one attached hydrogen (secondary N) is 1. The number of nitrogens with two attached hydrogens (primary N) is 1. The van der Waals surface area contributed by atoms with Crippen LogP contribution in [-0.4, -0.2) is 11.8 Å². The number of fused-ring (bicyclic) bond motifs is 1. The molecule has 1 aliphatic carbocycles. The van der Waals surface area contributed by atoms with Crippen molar-refractivity contribution in [3.05, 3.63) is 57.5 Å². The Labute approximate surface area is 170 Å². The molecule has 0 atom stereocenters. The van der Waals surface area contributed by atoms with Gasteiger partial charge in [-0.2, -0.15) is 0 Å². The summed E-state index contributed by atoms with van der Waals surface area (Å²) in [5.41, 5.74) is 9.46. The predicted molar refractivity (Wildman–Crippen MR) is 117 cm³/mol. The lowest BCUT2D eigenvalue weighted by atomic mass is 9.87. The van der Waals surface area contributed by atoms with E-state index >= 15 is 0 Å². The number of hydrogen-bond acceptors (Lipinski definition) is 3. The van der Waals surface area contributed by atoms with Crippen molar-refractivity contribution in [3.8, 4) is 0 Å². The van der Waals surface area contributed by atoms with Gasteiger partial charge < -0.3 is 11.1 Å². The number of carbonyl (C=O) groups excluding carboxylic acids is 2. The van der Waals surface area contributed by atoms with E-state index in [0.29, 0.717) is 10.6 Å². The molecule has 0 radical (unpaired) electrons. The predicted octanol–water partition coefficient (Wildman–Crippen LogP) is 5.07. The summed E-state index contributed by atoms with van der Waals surface area (Å²) in [5.74, 6) is -0.713. The van der Waals surface area contributed by atoms with Crippen LogP contribution in [0.3, 0.4) is 0 Å². The first-order valence-electron chi connectivity index (χ1n) is 9.79. The number of anilines is 1. The Bertz CT molecular complexity index is 902. The Morgan fingerprint density at radius 3 is 2.39 bits per heavy atom. The fraction of sp³-hybridized carbons (Fsp3) is 0.391. The van der Waals surface area contributed by atoms with E-state index < -0.39 is 5.91 Å². The highest BCUT2D eigenvalue weighted by Gasteiger charge is 2.23. The maximum atomic E-state index is 12.4. The van der Waals surface area contributed by atoms with Crippen LogP contribution in [0.1, 0.15) is 72.0 Å². The molecule has 2 aromatic rings. The van der Waals surface area contributed by atoms with E-state index in [4.69, 9.17) is 5.73 Å². The molecule has 1 aromatic heterocycles. The minimum absolute atomic E-state index is 0.0992. The van der Waals surface area contributed by atoms with Crippen molar-refractivity contribution >= 4 is 34.2 Å². The van der Waals surface area contributed by atoms with Crippen molar-refractivity contribution < 1.29 is 9.59 Å². The molecule has 4 nitrogen and oxygen atoms in total. The second kappa shape index (κ2) is 8.31. The lowest BCUT2D eigenvalue weighted by Gasteiger charge is -2.18. The first-order chi connectivity index (χ1) is 13.3. The molecular formula is C23H28N2O2S. The molecule has 0 bridgehead atoms.